The number of aliphatic hydroxyl groups excluding tert-OH is 1. The number of aliphatic hydroxyl groups is 1. The molecule has 0 aromatic heterocycles. The van der Waals surface area contributed by atoms with E-state index in [1.54, 1.807) is 0 Å². The van der Waals surface area contributed by atoms with Crippen molar-refractivity contribution < 1.29 is 5.11 Å². The fourth-order valence-electron chi connectivity index (χ4n) is 2.02. The number of rotatable bonds is 4. The highest BCUT2D eigenvalue weighted by Gasteiger charge is 2.19. The SMILES string of the molecule is [N-]=[N+]=NCC(O)CN1Cc2ccccc2C1. The van der Waals surface area contributed by atoms with Gasteiger partial charge in [-0.1, -0.05) is 29.4 Å². The van der Waals surface area contributed by atoms with E-state index < -0.39 is 6.10 Å². The van der Waals surface area contributed by atoms with Gasteiger partial charge in [0.05, 0.1) is 12.6 Å². The first-order valence-corrected chi connectivity index (χ1v) is 5.27. The van der Waals surface area contributed by atoms with E-state index in [0.717, 1.165) is 13.1 Å². The molecule has 1 aliphatic rings. The second-order valence-corrected chi connectivity index (χ2v) is 4.01. The molecule has 2 rings (SSSR count). The quantitative estimate of drug-likeness (QED) is 0.474. The second kappa shape index (κ2) is 4.99. The van der Waals surface area contributed by atoms with Crippen molar-refractivity contribution in [3.05, 3.63) is 45.8 Å². The van der Waals surface area contributed by atoms with Crippen molar-refractivity contribution in [2.75, 3.05) is 13.1 Å². The van der Waals surface area contributed by atoms with Gasteiger partial charge in [0.25, 0.3) is 0 Å². The molecule has 5 heteroatoms. The van der Waals surface area contributed by atoms with Crippen LogP contribution in [0, 0.1) is 0 Å². The standard InChI is InChI=1S/C11H14N4O/c12-14-13-5-11(16)8-15-6-9-3-1-2-4-10(9)7-15/h1-4,11,16H,5-8H2. The van der Waals surface area contributed by atoms with E-state index >= 15 is 0 Å². The third-order valence-corrected chi connectivity index (χ3v) is 2.73. The lowest BCUT2D eigenvalue weighted by Crippen LogP contribution is -2.29. The average Bonchev–Trinajstić information content (AvgIpc) is 2.68. The van der Waals surface area contributed by atoms with Crippen LogP contribution in [0.2, 0.25) is 0 Å². The van der Waals surface area contributed by atoms with Gasteiger partial charge in [-0.2, -0.15) is 0 Å². The summed E-state index contributed by atoms with van der Waals surface area (Å²) in [7, 11) is 0. The summed E-state index contributed by atoms with van der Waals surface area (Å²) in [6.45, 7) is 2.42. The molecule has 16 heavy (non-hydrogen) atoms. The first-order valence-electron chi connectivity index (χ1n) is 5.27. The van der Waals surface area contributed by atoms with Gasteiger partial charge in [-0.05, 0) is 16.7 Å². The summed E-state index contributed by atoms with van der Waals surface area (Å²) < 4.78 is 0. The number of hydrogen-bond acceptors (Lipinski definition) is 3. The van der Waals surface area contributed by atoms with E-state index in [1.807, 2.05) is 12.1 Å². The molecule has 0 spiro atoms. The normalized spacial score (nSPS) is 16.6. The minimum atomic E-state index is -0.579. The van der Waals surface area contributed by atoms with Crippen LogP contribution in [0.15, 0.2) is 29.4 Å². The summed E-state index contributed by atoms with van der Waals surface area (Å²) in [5, 5.41) is 13.0. The highest BCUT2D eigenvalue weighted by atomic mass is 16.3. The van der Waals surface area contributed by atoms with E-state index in [9.17, 15) is 5.11 Å². The van der Waals surface area contributed by atoms with Gasteiger partial charge >= 0.3 is 0 Å². The lowest BCUT2D eigenvalue weighted by atomic mass is 10.1. The molecule has 0 aliphatic carbocycles. The summed E-state index contributed by atoms with van der Waals surface area (Å²) in [6.07, 6.45) is -0.579. The third kappa shape index (κ3) is 2.52. The van der Waals surface area contributed by atoms with E-state index in [0.29, 0.717) is 6.54 Å². The Labute approximate surface area is 93.9 Å². The largest absolute Gasteiger partial charge is 0.392 e. The number of β-amino-alcohol motifs (C(OH)–C–C–N with tert-alkyl or cyclic N) is 1. The Morgan fingerprint density at radius 3 is 2.56 bits per heavy atom. The van der Waals surface area contributed by atoms with Crippen LogP contribution >= 0.6 is 0 Å². The maximum absolute atomic E-state index is 9.61. The van der Waals surface area contributed by atoms with Gasteiger partial charge in [0.15, 0.2) is 0 Å². The van der Waals surface area contributed by atoms with E-state index in [-0.39, 0.29) is 6.54 Å². The molecule has 0 bridgehead atoms. The van der Waals surface area contributed by atoms with Crippen LogP contribution in [-0.4, -0.2) is 29.2 Å². The predicted molar refractivity (Wildman–Crippen MR) is 60.6 cm³/mol. The Kier molecular flexibility index (Phi) is 3.41. The van der Waals surface area contributed by atoms with Crippen molar-refractivity contribution in [3.8, 4) is 0 Å². The zero-order valence-corrected chi connectivity index (χ0v) is 8.95. The van der Waals surface area contributed by atoms with Crippen molar-refractivity contribution in [1.29, 1.82) is 0 Å². The molecular formula is C11H14N4O. The Morgan fingerprint density at radius 1 is 1.38 bits per heavy atom. The van der Waals surface area contributed by atoms with E-state index in [4.69, 9.17) is 5.53 Å². The van der Waals surface area contributed by atoms with Crippen molar-refractivity contribution in [2.24, 2.45) is 5.11 Å². The molecule has 1 aromatic carbocycles. The summed E-state index contributed by atoms with van der Waals surface area (Å²) in [5.41, 5.74) is 10.8. The van der Waals surface area contributed by atoms with Crippen LogP contribution in [-0.2, 0) is 13.1 Å². The van der Waals surface area contributed by atoms with E-state index in [1.165, 1.54) is 11.1 Å². The molecule has 1 aromatic rings. The number of fused-ring (bicyclic) bond motifs is 1. The maximum atomic E-state index is 9.61. The number of hydrogen-bond donors (Lipinski definition) is 1. The number of nitrogens with zero attached hydrogens (tertiary/aromatic N) is 4. The third-order valence-electron chi connectivity index (χ3n) is 2.73. The molecule has 1 aliphatic heterocycles. The molecule has 0 amide bonds. The molecule has 0 saturated heterocycles. The Morgan fingerprint density at radius 2 is 2.00 bits per heavy atom. The summed E-state index contributed by atoms with van der Waals surface area (Å²) in [4.78, 5) is 4.79. The molecule has 84 valence electrons. The molecule has 1 heterocycles. The number of azide groups is 1. The predicted octanol–water partition coefficient (Wildman–Crippen LogP) is 1.67. The Bertz CT molecular complexity index is 389. The molecule has 0 radical (unpaired) electrons. The van der Waals surface area contributed by atoms with Crippen LogP contribution in [0.25, 0.3) is 10.4 Å². The van der Waals surface area contributed by atoms with Crippen LogP contribution in [0.5, 0.6) is 0 Å². The van der Waals surface area contributed by atoms with Gasteiger partial charge in [0, 0.05) is 24.5 Å². The maximum Gasteiger partial charge on any atom is 0.0723 e. The van der Waals surface area contributed by atoms with E-state index in [2.05, 4.69) is 27.1 Å². The molecule has 5 nitrogen and oxygen atoms in total. The van der Waals surface area contributed by atoms with Crippen molar-refractivity contribution in [2.45, 2.75) is 19.2 Å². The lowest BCUT2D eigenvalue weighted by molar-refractivity contribution is 0.118. The van der Waals surface area contributed by atoms with Crippen LogP contribution < -0.4 is 0 Å². The van der Waals surface area contributed by atoms with Crippen molar-refractivity contribution in [3.63, 3.8) is 0 Å². The van der Waals surface area contributed by atoms with Crippen LogP contribution in [0.1, 0.15) is 11.1 Å². The first-order chi connectivity index (χ1) is 7.79. The highest BCUT2D eigenvalue weighted by molar-refractivity contribution is 5.30. The average molecular weight is 218 g/mol. The summed E-state index contributed by atoms with van der Waals surface area (Å²) >= 11 is 0. The molecular weight excluding hydrogens is 204 g/mol. The second-order valence-electron chi connectivity index (χ2n) is 4.01. The fraction of sp³-hybridized carbons (Fsp3) is 0.455. The minimum absolute atomic E-state index is 0.142. The van der Waals surface area contributed by atoms with Crippen LogP contribution in [0.4, 0.5) is 0 Å². The van der Waals surface area contributed by atoms with Crippen LogP contribution in [0.3, 0.4) is 0 Å². The molecule has 1 atom stereocenters. The van der Waals surface area contributed by atoms with Gasteiger partial charge in [-0.15, -0.1) is 0 Å². The van der Waals surface area contributed by atoms with Gasteiger partial charge in [0.2, 0.25) is 0 Å². The smallest absolute Gasteiger partial charge is 0.0723 e. The summed E-state index contributed by atoms with van der Waals surface area (Å²) in [6, 6.07) is 8.27. The first kappa shape index (κ1) is 11.0. The molecule has 0 saturated carbocycles. The Balaban J connectivity index is 1.89. The Hall–Kier alpha value is -1.55. The van der Waals surface area contributed by atoms with Gasteiger partial charge in [0.1, 0.15) is 0 Å². The minimum Gasteiger partial charge on any atom is -0.392 e. The number of benzene rings is 1. The fourth-order valence-corrected chi connectivity index (χ4v) is 2.02. The van der Waals surface area contributed by atoms with Gasteiger partial charge < -0.3 is 5.11 Å². The molecule has 0 fully saturated rings. The van der Waals surface area contributed by atoms with Gasteiger partial charge in [-0.25, -0.2) is 0 Å². The zero-order valence-electron chi connectivity index (χ0n) is 8.95. The lowest BCUT2D eigenvalue weighted by Gasteiger charge is -2.17. The topological polar surface area (TPSA) is 72.2 Å². The van der Waals surface area contributed by atoms with Crippen molar-refractivity contribution >= 4 is 0 Å². The molecule has 1 N–H and O–H groups in total. The van der Waals surface area contributed by atoms with Gasteiger partial charge in [-0.3, -0.25) is 4.90 Å². The summed E-state index contributed by atoms with van der Waals surface area (Å²) in [5.74, 6) is 0. The molecule has 1 unspecified atom stereocenters. The monoisotopic (exact) mass is 218 g/mol. The van der Waals surface area contributed by atoms with Crippen molar-refractivity contribution in [1.82, 2.24) is 4.90 Å². The highest BCUT2D eigenvalue weighted by Crippen LogP contribution is 2.21. The zero-order chi connectivity index (χ0) is 11.4.